The molecule has 5 rings (SSSR count). The van der Waals surface area contributed by atoms with Gasteiger partial charge in [-0.05, 0) is 55.2 Å². The van der Waals surface area contributed by atoms with Crippen LogP contribution in [0.1, 0.15) is 46.2 Å². The molecular formula is C21H20F3N5O. The van der Waals surface area contributed by atoms with Crippen LogP contribution in [0.5, 0.6) is 0 Å². The van der Waals surface area contributed by atoms with Crippen molar-refractivity contribution in [2.75, 3.05) is 13.1 Å². The molecule has 2 aromatic heterocycles. The highest BCUT2D eigenvalue weighted by molar-refractivity contribution is 5.91. The Morgan fingerprint density at radius 3 is 2.47 bits per heavy atom. The average Bonchev–Trinajstić information content (AvgIpc) is 3.39. The van der Waals surface area contributed by atoms with Gasteiger partial charge in [-0.1, -0.05) is 18.2 Å². The molecule has 0 N–H and O–H groups in total. The van der Waals surface area contributed by atoms with Crippen molar-refractivity contribution in [2.45, 2.75) is 31.9 Å². The molecule has 1 saturated heterocycles. The third-order valence-electron chi connectivity index (χ3n) is 6.35. The molecule has 30 heavy (non-hydrogen) atoms. The Bertz CT molecular complexity index is 1110. The molecule has 2 aliphatic rings. The van der Waals surface area contributed by atoms with Crippen molar-refractivity contribution in [3.63, 3.8) is 0 Å². The number of carbonyl (C=O) groups is 1. The lowest BCUT2D eigenvalue weighted by molar-refractivity contribution is -0.138. The van der Waals surface area contributed by atoms with E-state index in [-0.39, 0.29) is 29.5 Å². The van der Waals surface area contributed by atoms with E-state index in [0.717, 1.165) is 11.8 Å². The van der Waals surface area contributed by atoms with Crippen molar-refractivity contribution in [1.82, 2.24) is 24.5 Å². The summed E-state index contributed by atoms with van der Waals surface area (Å²) in [6.07, 6.45) is -1.31. The summed E-state index contributed by atoms with van der Waals surface area (Å²) in [5, 5.41) is 7.99. The lowest BCUT2D eigenvalue weighted by Crippen LogP contribution is -2.31. The minimum absolute atomic E-state index is 0.129. The van der Waals surface area contributed by atoms with Gasteiger partial charge in [-0.3, -0.25) is 9.20 Å². The number of aryl methyl sites for hydroxylation is 1. The second kappa shape index (κ2) is 6.78. The van der Waals surface area contributed by atoms with Gasteiger partial charge in [-0.25, -0.2) is 4.98 Å². The molecule has 0 bridgehead atoms. The second-order valence-electron chi connectivity index (χ2n) is 8.25. The number of aromatic nitrogens is 4. The van der Waals surface area contributed by atoms with Gasteiger partial charge in [0.05, 0.1) is 5.56 Å². The number of nitrogens with zero attached hydrogens (tertiary/aromatic N) is 5. The molecule has 6 nitrogen and oxygen atoms in total. The number of amides is 1. The minimum atomic E-state index is -4.35. The summed E-state index contributed by atoms with van der Waals surface area (Å²) in [4.78, 5) is 19.0. The molecule has 2 fully saturated rings. The lowest BCUT2D eigenvalue weighted by atomic mass is 9.91. The molecule has 2 unspecified atom stereocenters. The molecule has 156 valence electrons. The summed E-state index contributed by atoms with van der Waals surface area (Å²) in [5.74, 6) is 0.642. The first-order valence-corrected chi connectivity index (χ1v) is 9.95. The highest BCUT2D eigenvalue weighted by Crippen LogP contribution is 2.48. The largest absolute Gasteiger partial charge is 0.416 e. The zero-order valence-electron chi connectivity index (χ0n) is 16.3. The zero-order valence-corrected chi connectivity index (χ0v) is 16.3. The van der Waals surface area contributed by atoms with E-state index in [4.69, 9.17) is 0 Å². The molecule has 1 saturated carbocycles. The van der Waals surface area contributed by atoms with E-state index in [1.54, 1.807) is 33.7 Å². The molecule has 3 heterocycles. The van der Waals surface area contributed by atoms with E-state index < -0.39 is 11.7 Å². The van der Waals surface area contributed by atoms with E-state index in [0.29, 0.717) is 37.3 Å². The van der Waals surface area contributed by atoms with Crippen molar-refractivity contribution < 1.29 is 18.0 Å². The van der Waals surface area contributed by atoms with Crippen LogP contribution in [0.3, 0.4) is 0 Å². The fourth-order valence-corrected chi connectivity index (χ4v) is 4.99. The quantitative estimate of drug-likeness (QED) is 0.640. The molecule has 1 amide bonds. The van der Waals surface area contributed by atoms with E-state index >= 15 is 0 Å². The molecule has 3 aromatic rings. The van der Waals surface area contributed by atoms with Crippen molar-refractivity contribution in [1.29, 1.82) is 0 Å². The number of fused-ring (bicyclic) bond motifs is 2. The predicted molar refractivity (Wildman–Crippen MR) is 102 cm³/mol. The summed E-state index contributed by atoms with van der Waals surface area (Å²) in [6.45, 7) is 2.90. The van der Waals surface area contributed by atoms with Crippen molar-refractivity contribution in [2.24, 2.45) is 11.8 Å². The standard InChI is InChI=1S/C21H20F3N5O/c1-12-6-7-29-18(26-27-20(29)25-12)19(30)28-10-14-8-13(9-15(14)11-28)16-4-2-3-5-17(16)21(22,23)24/h2-7,13-15H,8-11H2,1H3/t13?,14-,15?/m0/s1. The maximum Gasteiger partial charge on any atom is 0.416 e. The van der Waals surface area contributed by atoms with Crippen LogP contribution >= 0.6 is 0 Å². The summed E-state index contributed by atoms with van der Waals surface area (Å²) in [5.41, 5.74) is 0.623. The minimum Gasteiger partial charge on any atom is -0.335 e. The number of benzene rings is 1. The Kier molecular flexibility index (Phi) is 4.30. The normalized spacial score (nSPS) is 23.9. The van der Waals surface area contributed by atoms with Crippen molar-refractivity contribution in [3.05, 3.63) is 59.2 Å². The fourth-order valence-electron chi connectivity index (χ4n) is 4.99. The zero-order chi connectivity index (χ0) is 21.0. The molecule has 9 heteroatoms. The van der Waals surface area contributed by atoms with Crippen LogP contribution in [-0.4, -0.2) is 43.5 Å². The Balaban J connectivity index is 1.32. The number of rotatable bonds is 2. The molecule has 1 aliphatic carbocycles. The Morgan fingerprint density at radius 1 is 1.07 bits per heavy atom. The first-order valence-electron chi connectivity index (χ1n) is 9.95. The van der Waals surface area contributed by atoms with Gasteiger partial charge in [0.1, 0.15) is 0 Å². The van der Waals surface area contributed by atoms with E-state index in [1.165, 1.54) is 6.07 Å². The van der Waals surface area contributed by atoms with Crippen LogP contribution < -0.4 is 0 Å². The number of carbonyl (C=O) groups excluding carboxylic acids is 1. The number of alkyl halides is 3. The third-order valence-corrected chi connectivity index (χ3v) is 6.35. The number of halogens is 3. The summed E-state index contributed by atoms with van der Waals surface area (Å²) in [7, 11) is 0. The Hall–Kier alpha value is -2.97. The van der Waals surface area contributed by atoms with E-state index in [2.05, 4.69) is 15.2 Å². The van der Waals surface area contributed by atoms with Gasteiger partial charge >= 0.3 is 6.18 Å². The van der Waals surface area contributed by atoms with Gasteiger partial charge in [0.15, 0.2) is 0 Å². The maximum atomic E-state index is 13.4. The van der Waals surface area contributed by atoms with Crippen LogP contribution in [0.15, 0.2) is 36.5 Å². The van der Waals surface area contributed by atoms with Crippen molar-refractivity contribution >= 4 is 11.7 Å². The fraction of sp³-hybridized carbons (Fsp3) is 0.429. The van der Waals surface area contributed by atoms with Crippen LogP contribution in [0.25, 0.3) is 5.78 Å². The van der Waals surface area contributed by atoms with Gasteiger partial charge in [-0.15, -0.1) is 10.2 Å². The summed E-state index contributed by atoms with van der Waals surface area (Å²) >= 11 is 0. The second-order valence-corrected chi connectivity index (χ2v) is 8.25. The highest BCUT2D eigenvalue weighted by Gasteiger charge is 2.45. The number of hydrogen-bond acceptors (Lipinski definition) is 4. The smallest absolute Gasteiger partial charge is 0.335 e. The number of likely N-dealkylation sites (tertiary alicyclic amines) is 1. The van der Waals surface area contributed by atoms with Crippen LogP contribution in [0.4, 0.5) is 13.2 Å². The highest BCUT2D eigenvalue weighted by atomic mass is 19.4. The third kappa shape index (κ3) is 3.12. The van der Waals surface area contributed by atoms with Crippen LogP contribution in [-0.2, 0) is 6.18 Å². The molecule has 3 atom stereocenters. The van der Waals surface area contributed by atoms with Gasteiger partial charge < -0.3 is 4.90 Å². The first kappa shape index (κ1) is 19.0. The van der Waals surface area contributed by atoms with E-state index in [1.807, 2.05) is 6.92 Å². The summed E-state index contributed by atoms with van der Waals surface area (Å²) < 4.78 is 41.8. The number of hydrogen-bond donors (Lipinski definition) is 0. The lowest BCUT2D eigenvalue weighted by Gasteiger charge is -2.21. The average molecular weight is 415 g/mol. The predicted octanol–water partition coefficient (Wildman–Crippen LogP) is 3.72. The van der Waals surface area contributed by atoms with Gasteiger partial charge in [0, 0.05) is 25.0 Å². The van der Waals surface area contributed by atoms with Gasteiger partial charge in [0.25, 0.3) is 11.7 Å². The Morgan fingerprint density at radius 2 is 1.77 bits per heavy atom. The molecule has 0 spiro atoms. The van der Waals surface area contributed by atoms with Crippen LogP contribution in [0, 0.1) is 18.8 Å². The molecule has 1 aliphatic heterocycles. The molecule has 0 radical (unpaired) electrons. The Labute approximate surface area is 170 Å². The van der Waals surface area contributed by atoms with Crippen LogP contribution in [0.2, 0.25) is 0 Å². The summed E-state index contributed by atoms with van der Waals surface area (Å²) in [6, 6.07) is 7.64. The maximum absolute atomic E-state index is 13.4. The van der Waals surface area contributed by atoms with Gasteiger partial charge in [-0.2, -0.15) is 13.2 Å². The SMILES string of the molecule is Cc1ccn2c(C(=O)N3CC4CC(c5ccccc5C(F)(F)F)C[C@H]4C3)nnc2n1. The molecule has 1 aromatic carbocycles. The first-order chi connectivity index (χ1) is 14.3. The topological polar surface area (TPSA) is 63.4 Å². The van der Waals surface area contributed by atoms with Gasteiger partial charge in [0.2, 0.25) is 5.82 Å². The van der Waals surface area contributed by atoms with E-state index in [9.17, 15) is 18.0 Å². The van der Waals surface area contributed by atoms with Crippen molar-refractivity contribution in [3.8, 4) is 0 Å². The molecular weight excluding hydrogens is 395 g/mol. The monoisotopic (exact) mass is 415 g/mol.